The fourth-order valence-corrected chi connectivity index (χ4v) is 5.56. The standard InChI is InChI=1S/C19H31FN2O6Si/c1-8-11(23)19(27)13(14(25)29(6,7)17(2,3)4)28-15(18(19,5)20)22-10-9-12(24)21-16(22)26/h9-10,13-15,25,27H,8H2,1-7H3,(H,21,24,26)/t13-,14?,15-,18-,19-/m1/s1. The van der Waals surface area contributed by atoms with Crippen molar-refractivity contribution in [1.29, 1.82) is 0 Å². The van der Waals surface area contributed by atoms with Crippen LogP contribution in [0.2, 0.25) is 18.1 Å². The minimum Gasteiger partial charge on any atom is -0.394 e. The molecule has 5 atom stereocenters. The highest BCUT2D eigenvalue weighted by atomic mass is 28.3. The molecule has 1 aromatic rings. The lowest BCUT2D eigenvalue weighted by Crippen LogP contribution is -2.66. The highest BCUT2D eigenvalue weighted by Crippen LogP contribution is 2.52. The Kier molecular flexibility index (Phi) is 5.92. The van der Waals surface area contributed by atoms with Crippen LogP contribution in [0.15, 0.2) is 21.9 Å². The number of rotatable bonds is 5. The van der Waals surface area contributed by atoms with E-state index in [2.05, 4.69) is 0 Å². The van der Waals surface area contributed by atoms with E-state index in [0.29, 0.717) is 0 Å². The Morgan fingerprint density at radius 3 is 2.41 bits per heavy atom. The SMILES string of the molecule is CCC(=O)[C@@]1(O)[C@@H](C(O)[Si](C)(C)C(C)(C)C)O[C@@H](n2ccc(=O)[nH]c2=O)[C@@]1(C)F. The zero-order valence-electron chi connectivity index (χ0n) is 17.9. The van der Waals surface area contributed by atoms with Gasteiger partial charge in [0.15, 0.2) is 23.3 Å². The molecule has 1 fully saturated rings. The number of H-pyrrole nitrogens is 1. The van der Waals surface area contributed by atoms with Gasteiger partial charge in [-0.3, -0.25) is 19.1 Å². The van der Waals surface area contributed by atoms with Crippen molar-refractivity contribution in [3.63, 3.8) is 0 Å². The highest BCUT2D eigenvalue weighted by molar-refractivity contribution is 6.81. The van der Waals surface area contributed by atoms with Gasteiger partial charge in [-0.2, -0.15) is 0 Å². The van der Waals surface area contributed by atoms with Crippen LogP contribution >= 0.6 is 0 Å². The molecule has 1 aliphatic rings. The number of Topliss-reactive ketones (excluding diaryl/α,β-unsaturated/α-hetero) is 1. The van der Waals surface area contributed by atoms with Crippen LogP contribution in [0.5, 0.6) is 0 Å². The average molecular weight is 431 g/mol. The molecule has 0 saturated carbocycles. The number of nitrogens with zero attached hydrogens (tertiary/aromatic N) is 1. The van der Waals surface area contributed by atoms with Crippen molar-refractivity contribution in [1.82, 2.24) is 9.55 Å². The first-order valence-electron chi connectivity index (χ1n) is 9.63. The van der Waals surface area contributed by atoms with Crippen molar-refractivity contribution < 1.29 is 24.1 Å². The summed E-state index contributed by atoms with van der Waals surface area (Å²) in [6.07, 6.45) is -2.43. The van der Waals surface area contributed by atoms with Gasteiger partial charge in [-0.25, -0.2) is 9.18 Å². The molecule has 1 aliphatic heterocycles. The number of ketones is 1. The van der Waals surface area contributed by atoms with E-state index in [1.807, 2.05) is 38.8 Å². The predicted molar refractivity (Wildman–Crippen MR) is 108 cm³/mol. The molecule has 0 amide bonds. The number of carbonyl (C=O) groups is 1. The van der Waals surface area contributed by atoms with E-state index in [9.17, 15) is 24.6 Å². The summed E-state index contributed by atoms with van der Waals surface area (Å²) in [6, 6.07) is 1.01. The van der Waals surface area contributed by atoms with Crippen molar-refractivity contribution in [2.24, 2.45) is 0 Å². The van der Waals surface area contributed by atoms with E-state index < -0.39 is 54.4 Å². The van der Waals surface area contributed by atoms with Crippen LogP contribution in [0.3, 0.4) is 0 Å². The van der Waals surface area contributed by atoms with Gasteiger partial charge in [0, 0.05) is 18.7 Å². The van der Waals surface area contributed by atoms with Gasteiger partial charge in [-0.05, 0) is 12.0 Å². The normalized spacial score (nSPS) is 31.7. The zero-order valence-corrected chi connectivity index (χ0v) is 18.9. The second-order valence-corrected chi connectivity index (χ2v) is 15.0. The largest absolute Gasteiger partial charge is 0.394 e. The first-order valence-corrected chi connectivity index (χ1v) is 12.7. The van der Waals surface area contributed by atoms with Crippen LogP contribution < -0.4 is 11.2 Å². The number of aromatic amines is 1. The number of alkyl halides is 1. The molecule has 3 N–H and O–H groups in total. The summed E-state index contributed by atoms with van der Waals surface area (Å²) in [5.74, 6) is -0.828. The van der Waals surface area contributed by atoms with Crippen molar-refractivity contribution >= 4 is 13.9 Å². The summed E-state index contributed by atoms with van der Waals surface area (Å²) in [5.41, 5.74) is -8.34. The predicted octanol–water partition coefficient (Wildman–Crippen LogP) is 1.28. The first-order chi connectivity index (χ1) is 13.0. The zero-order chi connectivity index (χ0) is 22.6. The number of halogens is 1. The van der Waals surface area contributed by atoms with Gasteiger partial charge in [0.2, 0.25) is 0 Å². The molecule has 1 aromatic heterocycles. The van der Waals surface area contributed by atoms with Crippen molar-refractivity contribution in [3.05, 3.63) is 33.1 Å². The van der Waals surface area contributed by atoms with E-state index in [-0.39, 0.29) is 11.5 Å². The number of aromatic nitrogens is 2. The van der Waals surface area contributed by atoms with E-state index in [4.69, 9.17) is 4.74 Å². The maximum atomic E-state index is 16.1. The summed E-state index contributed by atoms with van der Waals surface area (Å²) in [7, 11) is -2.63. The van der Waals surface area contributed by atoms with Crippen LogP contribution in [0.1, 0.15) is 47.3 Å². The molecule has 0 bridgehead atoms. The van der Waals surface area contributed by atoms with E-state index in [1.54, 1.807) is 0 Å². The number of carbonyl (C=O) groups excluding carboxylic acids is 1. The smallest absolute Gasteiger partial charge is 0.330 e. The Bertz CT molecular complexity index is 903. The van der Waals surface area contributed by atoms with E-state index in [1.165, 1.54) is 6.92 Å². The number of hydrogen-bond donors (Lipinski definition) is 3. The Labute approximate surface area is 169 Å². The van der Waals surface area contributed by atoms with Gasteiger partial charge in [0.05, 0.1) is 13.8 Å². The number of aliphatic hydroxyl groups is 2. The first kappa shape index (κ1) is 23.7. The Morgan fingerprint density at radius 2 is 1.97 bits per heavy atom. The Morgan fingerprint density at radius 1 is 1.41 bits per heavy atom. The average Bonchev–Trinajstić information content (AvgIpc) is 2.80. The molecule has 1 saturated heterocycles. The number of aliphatic hydroxyl groups excluding tert-OH is 1. The van der Waals surface area contributed by atoms with Gasteiger partial charge >= 0.3 is 5.69 Å². The molecule has 0 aromatic carbocycles. The fourth-order valence-electron chi connectivity index (χ4n) is 3.60. The van der Waals surface area contributed by atoms with Crippen LogP contribution in [-0.4, -0.2) is 56.7 Å². The van der Waals surface area contributed by atoms with Gasteiger partial charge in [-0.15, -0.1) is 0 Å². The topological polar surface area (TPSA) is 122 Å². The van der Waals surface area contributed by atoms with Crippen molar-refractivity contribution in [2.45, 2.75) is 88.5 Å². The molecule has 1 unspecified atom stereocenters. The highest BCUT2D eigenvalue weighted by Gasteiger charge is 2.72. The minimum atomic E-state index is -2.74. The van der Waals surface area contributed by atoms with Crippen molar-refractivity contribution in [2.75, 3.05) is 0 Å². The summed E-state index contributed by atoms with van der Waals surface area (Å²) in [5, 5.41) is 22.2. The number of hydrogen-bond acceptors (Lipinski definition) is 6. The molecule has 2 rings (SSSR count). The summed E-state index contributed by atoms with van der Waals surface area (Å²) in [6.45, 7) is 12.0. The lowest BCUT2D eigenvalue weighted by molar-refractivity contribution is -0.160. The molecule has 29 heavy (non-hydrogen) atoms. The molecular formula is C19H31FN2O6Si. The Balaban J connectivity index is 2.69. The van der Waals surface area contributed by atoms with Gasteiger partial charge < -0.3 is 14.9 Å². The number of ether oxygens (including phenoxy) is 1. The third-order valence-electron chi connectivity index (χ3n) is 6.71. The van der Waals surface area contributed by atoms with Crippen LogP contribution in [-0.2, 0) is 9.53 Å². The second kappa shape index (κ2) is 7.26. The monoisotopic (exact) mass is 430 g/mol. The molecule has 0 aliphatic carbocycles. The third-order valence-corrected chi connectivity index (χ3v) is 12.4. The summed E-state index contributed by atoms with van der Waals surface area (Å²) >= 11 is 0. The molecule has 10 heteroatoms. The van der Waals surface area contributed by atoms with E-state index >= 15 is 4.39 Å². The summed E-state index contributed by atoms with van der Waals surface area (Å²) < 4.78 is 22.6. The quantitative estimate of drug-likeness (QED) is 0.605. The maximum absolute atomic E-state index is 16.1. The molecule has 8 nitrogen and oxygen atoms in total. The maximum Gasteiger partial charge on any atom is 0.330 e. The van der Waals surface area contributed by atoms with Gasteiger partial charge in [0.1, 0.15) is 6.10 Å². The molecule has 0 spiro atoms. The second-order valence-electron chi connectivity index (χ2n) is 9.46. The lowest BCUT2D eigenvalue weighted by atomic mass is 9.78. The Hall–Kier alpha value is -1.62. The third kappa shape index (κ3) is 3.45. The minimum absolute atomic E-state index is 0.187. The number of nitrogens with one attached hydrogen (secondary N) is 1. The molecule has 164 valence electrons. The lowest BCUT2D eigenvalue weighted by Gasteiger charge is -2.45. The fraction of sp³-hybridized carbons (Fsp3) is 0.737. The van der Waals surface area contributed by atoms with Crippen molar-refractivity contribution in [3.8, 4) is 0 Å². The van der Waals surface area contributed by atoms with Gasteiger partial charge in [-0.1, -0.05) is 40.8 Å². The molecule has 2 heterocycles. The van der Waals surface area contributed by atoms with Crippen LogP contribution in [0.25, 0.3) is 0 Å². The molecular weight excluding hydrogens is 399 g/mol. The van der Waals surface area contributed by atoms with Gasteiger partial charge in [0.25, 0.3) is 5.56 Å². The summed E-state index contributed by atoms with van der Waals surface area (Å²) in [4.78, 5) is 38.4. The van der Waals surface area contributed by atoms with Crippen LogP contribution in [0.4, 0.5) is 4.39 Å². The van der Waals surface area contributed by atoms with Crippen LogP contribution in [0, 0.1) is 0 Å². The molecule has 0 radical (unpaired) electrons. The van der Waals surface area contributed by atoms with E-state index in [0.717, 1.165) is 23.8 Å².